The Morgan fingerprint density at radius 1 is 1.12 bits per heavy atom. The number of hydrogen-bond donors (Lipinski definition) is 0. The van der Waals surface area contributed by atoms with Crippen molar-refractivity contribution in [3.8, 4) is 10.4 Å². The maximum Gasteiger partial charge on any atom is 0.0375 e. The molecule has 1 nitrogen and oxygen atoms in total. The van der Waals surface area contributed by atoms with Crippen molar-refractivity contribution in [1.29, 1.82) is 0 Å². The van der Waals surface area contributed by atoms with E-state index in [0.29, 0.717) is 0 Å². The smallest absolute Gasteiger partial charge is 0.0375 e. The third-order valence-electron chi connectivity index (χ3n) is 2.61. The van der Waals surface area contributed by atoms with Gasteiger partial charge >= 0.3 is 0 Å². The summed E-state index contributed by atoms with van der Waals surface area (Å²) >= 11 is 1.83. The molecule has 0 bridgehead atoms. The highest BCUT2D eigenvalue weighted by atomic mass is 32.1. The van der Waals surface area contributed by atoms with Gasteiger partial charge < -0.3 is 4.90 Å². The van der Waals surface area contributed by atoms with E-state index in [9.17, 15) is 0 Å². The van der Waals surface area contributed by atoms with Crippen LogP contribution in [0.25, 0.3) is 10.4 Å². The molecule has 0 N–H and O–H groups in total. The average Bonchev–Trinajstić information content (AvgIpc) is 2.64. The van der Waals surface area contributed by atoms with E-state index >= 15 is 0 Å². The minimum atomic E-state index is 0.994. The fourth-order valence-electron chi connectivity index (χ4n) is 1.87. The topological polar surface area (TPSA) is 3.24 Å². The van der Waals surface area contributed by atoms with Crippen molar-refractivity contribution in [2.45, 2.75) is 13.5 Å². The molecule has 0 aliphatic rings. The first-order valence-electron chi connectivity index (χ1n) is 5.45. The zero-order valence-corrected chi connectivity index (χ0v) is 10.8. The molecule has 0 atom stereocenters. The zero-order valence-electron chi connectivity index (χ0n) is 10.0. The summed E-state index contributed by atoms with van der Waals surface area (Å²) in [6.07, 6.45) is 0. The lowest BCUT2D eigenvalue weighted by atomic mass is 10.0. The van der Waals surface area contributed by atoms with Gasteiger partial charge in [-0.05, 0) is 49.2 Å². The van der Waals surface area contributed by atoms with Crippen molar-refractivity contribution in [1.82, 2.24) is 4.90 Å². The molecule has 1 aromatic heterocycles. The summed E-state index contributed by atoms with van der Waals surface area (Å²) in [7, 11) is 4.22. The van der Waals surface area contributed by atoms with Crippen molar-refractivity contribution in [3.63, 3.8) is 0 Å². The second-order valence-electron chi connectivity index (χ2n) is 4.33. The van der Waals surface area contributed by atoms with E-state index in [1.165, 1.54) is 21.6 Å². The number of thiophene rings is 1. The van der Waals surface area contributed by atoms with Gasteiger partial charge in [0, 0.05) is 11.4 Å². The maximum absolute atomic E-state index is 2.22. The Bertz CT molecular complexity index is 471. The quantitative estimate of drug-likeness (QED) is 0.777. The lowest BCUT2D eigenvalue weighted by molar-refractivity contribution is 0.403. The highest BCUT2D eigenvalue weighted by molar-refractivity contribution is 7.13. The average molecular weight is 231 g/mol. The third kappa shape index (κ3) is 2.34. The Balaban J connectivity index is 2.44. The van der Waals surface area contributed by atoms with Crippen LogP contribution in [0.5, 0.6) is 0 Å². The fraction of sp³-hybridized carbons (Fsp3) is 0.286. The molecule has 2 heteroatoms. The number of nitrogens with zero attached hydrogens (tertiary/aromatic N) is 1. The van der Waals surface area contributed by atoms with Gasteiger partial charge in [0.05, 0.1) is 0 Å². The summed E-state index contributed by atoms with van der Waals surface area (Å²) < 4.78 is 0. The van der Waals surface area contributed by atoms with Crippen molar-refractivity contribution in [2.75, 3.05) is 14.1 Å². The number of aryl methyl sites for hydroxylation is 1. The molecule has 16 heavy (non-hydrogen) atoms. The lowest BCUT2D eigenvalue weighted by Gasteiger charge is -2.13. The summed E-state index contributed by atoms with van der Waals surface area (Å²) in [5, 5.41) is 2.16. The van der Waals surface area contributed by atoms with Gasteiger partial charge in [0.15, 0.2) is 0 Å². The number of rotatable bonds is 3. The molecular formula is C14H17NS. The standard InChI is InChI=1S/C14H17NS/c1-11-8-9-16-14(11)13-7-5-4-6-12(13)10-15(2)3/h4-9H,10H2,1-3H3. The van der Waals surface area contributed by atoms with Crippen LogP contribution in [0.3, 0.4) is 0 Å². The van der Waals surface area contributed by atoms with Crippen LogP contribution < -0.4 is 0 Å². The first-order chi connectivity index (χ1) is 7.68. The molecular weight excluding hydrogens is 214 g/mol. The van der Waals surface area contributed by atoms with Crippen molar-refractivity contribution in [2.24, 2.45) is 0 Å². The van der Waals surface area contributed by atoms with Gasteiger partial charge in [-0.15, -0.1) is 11.3 Å². The van der Waals surface area contributed by atoms with E-state index in [0.717, 1.165) is 6.54 Å². The van der Waals surface area contributed by atoms with E-state index in [2.05, 4.69) is 61.6 Å². The van der Waals surface area contributed by atoms with Gasteiger partial charge in [-0.3, -0.25) is 0 Å². The molecule has 84 valence electrons. The molecule has 0 radical (unpaired) electrons. The minimum absolute atomic E-state index is 0.994. The zero-order chi connectivity index (χ0) is 11.5. The Morgan fingerprint density at radius 3 is 2.50 bits per heavy atom. The van der Waals surface area contributed by atoms with E-state index in [1.54, 1.807) is 0 Å². The molecule has 0 saturated carbocycles. The SMILES string of the molecule is Cc1ccsc1-c1ccccc1CN(C)C. The number of hydrogen-bond acceptors (Lipinski definition) is 2. The van der Waals surface area contributed by atoms with Crippen LogP contribution >= 0.6 is 11.3 Å². The molecule has 0 aliphatic carbocycles. The lowest BCUT2D eigenvalue weighted by Crippen LogP contribution is -2.11. The van der Waals surface area contributed by atoms with Gasteiger partial charge in [0.25, 0.3) is 0 Å². The molecule has 0 aliphatic heterocycles. The van der Waals surface area contributed by atoms with Crippen LogP contribution in [0.2, 0.25) is 0 Å². The summed E-state index contributed by atoms with van der Waals surface area (Å²) in [5.74, 6) is 0. The Morgan fingerprint density at radius 2 is 1.88 bits per heavy atom. The molecule has 1 heterocycles. The van der Waals surface area contributed by atoms with Crippen LogP contribution in [0.4, 0.5) is 0 Å². The summed E-state index contributed by atoms with van der Waals surface area (Å²) in [5.41, 5.74) is 4.15. The van der Waals surface area contributed by atoms with E-state index < -0.39 is 0 Å². The van der Waals surface area contributed by atoms with E-state index in [-0.39, 0.29) is 0 Å². The second-order valence-corrected chi connectivity index (χ2v) is 5.24. The molecule has 0 spiro atoms. The van der Waals surface area contributed by atoms with Gasteiger partial charge in [-0.25, -0.2) is 0 Å². The maximum atomic E-state index is 2.22. The monoisotopic (exact) mass is 231 g/mol. The molecule has 0 fully saturated rings. The largest absolute Gasteiger partial charge is 0.305 e. The Hall–Kier alpha value is -1.12. The number of benzene rings is 1. The predicted molar refractivity (Wildman–Crippen MR) is 71.9 cm³/mol. The highest BCUT2D eigenvalue weighted by Gasteiger charge is 2.08. The predicted octanol–water partition coefficient (Wildman–Crippen LogP) is 3.79. The van der Waals surface area contributed by atoms with Gasteiger partial charge in [0.2, 0.25) is 0 Å². The van der Waals surface area contributed by atoms with Crippen molar-refractivity contribution in [3.05, 3.63) is 46.8 Å². The van der Waals surface area contributed by atoms with Crippen LogP contribution in [0.1, 0.15) is 11.1 Å². The minimum Gasteiger partial charge on any atom is -0.305 e. The highest BCUT2D eigenvalue weighted by Crippen LogP contribution is 2.31. The normalized spacial score (nSPS) is 11.0. The summed E-state index contributed by atoms with van der Waals surface area (Å²) in [4.78, 5) is 3.61. The Labute approximate surface area is 101 Å². The Kier molecular flexibility index (Phi) is 3.42. The second kappa shape index (κ2) is 4.81. The van der Waals surface area contributed by atoms with E-state index in [4.69, 9.17) is 0 Å². The van der Waals surface area contributed by atoms with Gasteiger partial charge in [0.1, 0.15) is 0 Å². The summed E-state index contributed by atoms with van der Waals surface area (Å²) in [6.45, 7) is 3.17. The first-order valence-corrected chi connectivity index (χ1v) is 6.33. The van der Waals surface area contributed by atoms with Crippen LogP contribution in [-0.2, 0) is 6.54 Å². The molecule has 0 saturated heterocycles. The first kappa shape index (κ1) is 11.4. The van der Waals surface area contributed by atoms with Crippen molar-refractivity contribution >= 4 is 11.3 Å². The molecule has 2 aromatic rings. The van der Waals surface area contributed by atoms with Gasteiger partial charge in [-0.2, -0.15) is 0 Å². The molecule has 0 amide bonds. The van der Waals surface area contributed by atoms with E-state index in [1.807, 2.05) is 11.3 Å². The van der Waals surface area contributed by atoms with Crippen LogP contribution in [-0.4, -0.2) is 19.0 Å². The van der Waals surface area contributed by atoms with Crippen LogP contribution in [0, 0.1) is 6.92 Å². The van der Waals surface area contributed by atoms with Crippen molar-refractivity contribution < 1.29 is 0 Å². The summed E-state index contributed by atoms with van der Waals surface area (Å²) in [6, 6.07) is 10.9. The van der Waals surface area contributed by atoms with Gasteiger partial charge in [-0.1, -0.05) is 24.3 Å². The fourth-order valence-corrected chi connectivity index (χ4v) is 2.86. The molecule has 0 unspecified atom stereocenters. The molecule has 2 rings (SSSR count). The molecule has 1 aromatic carbocycles. The third-order valence-corrected chi connectivity index (χ3v) is 3.66. The van der Waals surface area contributed by atoms with Crippen LogP contribution in [0.15, 0.2) is 35.7 Å².